The molecule has 1 saturated heterocycles. The summed E-state index contributed by atoms with van der Waals surface area (Å²) in [7, 11) is -7.19. The van der Waals surface area contributed by atoms with E-state index in [0.29, 0.717) is 36.4 Å². The zero-order valence-corrected chi connectivity index (χ0v) is 17.5. The SMILES string of the molecule is Cc1ccc(N2CCCCS2(=O)=O)cc1S(=O)(=O)N1CCCc2ccccc21. The Morgan fingerprint density at radius 3 is 2.54 bits per heavy atom. The van der Waals surface area contributed by atoms with Gasteiger partial charge in [-0.2, -0.15) is 0 Å². The highest BCUT2D eigenvalue weighted by Gasteiger charge is 2.32. The summed E-state index contributed by atoms with van der Waals surface area (Å²) >= 11 is 0. The van der Waals surface area contributed by atoms with E-state index >= 15 is 0 Å². The molecule has 2 aromatic rings. The molecular formula is C20H24N2O4S2. The number of para-hydroxylation sites is 1. The van der Waals surface area contributed by atoms with Gasteiger partial charge >= 0.3 is 0 Å². The lowest BCUT2D eigenvalue weighted by molar-refractivity contribution is 0.573. The molecule has 28 heavy (non-hydrogen) atoms. The van der Waals surface area contributed by atoms with Gasteiger partial charge in [-0.25, -0.2) is 16.8 Å². The van der Waals surface area contributed by atoms with Crippen molar-refractivity contribution in [3.63, 3.8) is 0 Å². The van der Waals surface area contributed by atoms with Gasteiger partial charge in [0.15, 0.2) is 0 Å². The fourth-order valence-electron chi connectivity index (χ4n) is 3.97. The van der Waals surface area contributed by atoms with E-state index in [1.54, 1.807) is 19.1 Å². The first kappa shape index (κ1) is 19.3. The Kier molecular flexibility index (Phi) is 4.87. The maximum atomic E-state index is 13.5. The average Bonchev–Trinajstić information content (AvgIpc) is 2.67. The van der Waals surface area contributed by atoms with Gasteiger partial charge < -0.3 is 0 Å². The van der Waals surface area contributed by atoms with Gasteiger partial charge in [-0.15, -0.1) is 0 Å². The van der Waals surface area contributed by atoms with Crippen LogP contribution in [0.4, 0.5) is 11.4 Å². The fraction of sp³-hybridized carbons (Fsp3) is 0.400. The fourth-order valence-corrected chi connectivity index (χ4v) is 7.39. The molecule has 1 fully saturated rings. The molecule has 6 nitrogen and oxygen atoms in total. The lowest BCUT2D eigenvalue weighted by Crippen LogP contribution is -2.38. The number of nitrogens with zero attached hydrogens (tertiary/aromatic N) is 2. The van der Waals surface area contributed by atoms with Crippen molar-refractivity contribution in [2.75, 3.05) is 27.5 Å². The first-order valence-electron chi connectivity index (χ1n) is 9.52. The van der Waals surface area contributed by atoms with E-state index in [9.17, 15) is 16.8 Å². The van der Waals surface area contributed by atoms with E-state index in [1.807, 2.05) is 24.3 Å². The van der Waals surface area contributed by atoms with Crippen LogP contribution in [0.1, 0.15) is 30.4 Å². The van der Waals surface area contributed by atoms with Crippen LogP contribution in [-0.4, -0.2) is 35.7 Å². The molecule has 2 aliphatic rings. The van der Waals surface area contributed by atoms with Gasteiger partial charge in [0.1, 0.15) is 0 Å². The topological polar surface area (TPSA) is 74.8 Å². The Morgan fingerprint density at radius 1 is 0.964 bits per heavy atom. The van der Waals surface area contributed by atoms with Crippen LogP contribution in [0, 0.1) is 6.92 Å². The summed E-state index contributed by atoms with van der Waals surface area (Å²) < 4.78 is 54.8. The standard InChI is InChI=1S/C20H24N2O4S2/c1-16-10-11-18(21-12-4-5-14-27(21,23)24)15-20(16)28(25,26)22-13-6-8-17-7-2-3-9-19(17)22/h2-3,7,9-11,15H,4-6,8,12-14H2,1H3. The van der Waals surface area contributed by atoms with Gasteiger partial charge in [0.05, 0.1) is 22.0 Å². The quantitative estimate of drug-likeness (QED) is 0.765. The van der Waals surface area contributed by atoms with Crippen molar-refractivity contribution in [1.82, 2.24) is 0 Å². The smallest absolute Gasteiger partial charge is 0.264 e. The van der Waals surface area contributed by atoms with Crippen molar-refractivity contribution in [2.45, 2.75) is 37.5 Å². The third kappa shape index (κ3) is 3.28. The molecule has 0 unspecified atom stereocenters. The van der Waals surface area contributed by atoms with Gasteiger partial charge in [-0.1, -0.05) is 24.3 Å². The molecule has 0 aromatic heterocycles. The molecule has 0 bridgehead atoms. The minimum atomic E-state index is -3.79. The second kappa shape index (κ2) is 7.08. The molecule has 8 heteroatoms. The van der Waals surface area contributed by atoms with Crippen LogP contribution in [0.5, 0.6) is 0 Å². The van der Waals surface area contributed by atoms with Crippen LogP contribution in [0.25, 0.3) is 0 Å². The first-order chi connectivity index (χ1) is 13.3. The highest BCUT2D eigenvalue weighted by Crippen LogP contribution is 2.34. The third-order valence-electron chi connectivity index (χ3n) is 5.44. The lowest BCUT2D eigenvalue weighted by Gasteiger charge is -2.32. The number of sulfonamides is 2. The van der Waals surface area contributed by atoms with E-state index in [-0.39, 0.29) is 10.6 Å². The zero-order valence-electron chi connectivity index (χ0n) is 15.8. The second-order valence-electron chi connectivity index (χ2n) is 7.35. The average molecular weight is 421 g/mol. The number of hydrogen-bond donors (Lipinski definition) is 0. The molecule has 2 heterocycles. The number of fused-ring (bicyclic) bond motifs is 1. The number of anilines is 2. The Labute approximate surface area is 166 Å². The Balaban J connectivity index is 1.79. The lowest BCUT2D eigenvalue weighted by atomic mass is 10.0. The van der Waals surface area contributed by atoms with Crippen LogP contribution in [0.2, 0.25) is 0 Å². The van der Waals surface area contributed by atoms with Crippen molar-refractivity contribution in [3.8, 4) is 0 Å². The molecular weight excluding hydrogens is 396 g/mol. The van der Waals surface area contributed by atoms with Crippen molar-refractivity contribution < 1.29 is 16.8 Å². The molecule has 2 aromatic carbocycles. The maximum absolute atomic E-state index is 13.5. The third-order valence-corrected chi connectivity index (χ3v) is 9.27. The van der Waals surface area contributed by atoms with Crippen molar-refractivity contribution in [3.05, 3.63) is 53.6 Å². The number of rotatable bonds is 3. The molecule has 0 radical (unpaired) electrons. The van der Waals surface area contributed by atoms with Crippen LogP contribution in [-0.2, 0) is 26.5 Å². The monoisotopic (exact) mass is 420 g/mol. The first-order valence-corrected chi connectivity index (χ1v) is 12.6. The van der Waals surface area contributed by atoms with Crippen molar-refractivity contribution in [2.24, 2.45) is 0 Å². The van der Waals surface area contributed by atoms with Crippen LogP contribution >= 0.6 is 0 Å². The minimum Gasteiger partial charge on any atom is -0.270 e. The molecule has 0 N–H and O–H groups in total. The summed E-state index contributed by atoms with van der Waals surface area (Å²) in [5, 5.41) is 0. The predicted molar refractivity (Wildman–Crippen MR) is 111 cm³/mol. The van der Waals surface area contributed by atoms with Crippen molar-refractivity contribution >= 4 is 31.4 Å². The van der Waals surface area contributed by atoms with Crippen LogP contribution < -0.4 is 8.61 Å². The van der Waals surface area contributed by atoms with Crippen LogP contribution in [0.3, 0.4) is 0 Å². The number of hydrogen-bond acceptors (Lipinski definition) is 4. The summed E-state index contributed by atoms with van der Waals surface area (Å²) in [5.74, 6) is 0.0997. The largest absolute Gasteiger partial charge is 0.270 e. The van der Waals surface area contributed by atoms with Crippen molar-refractivity contribution in [1.29, 1.82) is 0 Å². The summed E-state index contributed by atoms with van der Waals surface area (Å²) in [6.45, 7) is 2.56. The molecule has 0 atom stereocenters. The highest BCUT2D eigenvalue weighted by atomic mass is 32.2. The Morgan fingerprint density at radius 2 is 1.75 bits per heavy atom. The molecule has 4 rings (SSSR count). The molecule has 0 spiro atoms. The van der Waals surface area contributed by atoms with Gasteiger partial charge in [0.25, 0.3) is 10.0 Å². The summed E-state index contributed by atoms with van der Waals surface area (Å²) in [6.07, 6.45) is 3.03. The Hall–Kier alpha value is -2.06. The van der Waals surface area contributed by atoms with E-state index in [0.717, 1.165) is 24.8 Å². The predicted octanol–water partition coefficient (Wildman–Crippen LogP) is 3.07. The van der Waals surface area contributed by atoms with Crippen LogP contribution in [0.15, 0.2) is 47.4 Å². The number of aryl methyl sites for hydroxylation is 2. The molecule has 0 aliphatic carbocycles. The molecule has 2 aliphatic heterocycles. The zero-order chi connectivity index (χ0) is 19.9. The van der Waals surface area contributed by atoms with E-state index < -0.39 is 20.0 Å². The van der Waals surface area contributed by atoms with E-state index in [1.165, 1.54) is 14.7 Å². The van der Waals surface area contributed by atoms with Gasteiger partial charge in [-0.05, 0) is 61.9 Å². The molecule has 0 amide bonds. The van der Waals surface area contributed by atoms with Gasteiger partial charge in [0.2, 0.25) is 10.0 Å². The summed E-state index contributed by atoms with van der Waals surface area (Å²) in [5.41, 5.74) is 2.77. The highest BCUT2D eigenvalue weighted by molar-refractivity contribution is 7.93. The normalized spacial score (nSPS) is 19.3. The number of benzene rings is 2. The second-order valence-corrected chi connectivity index (χ2v) is 11.2. The van der Waals surface area contributed by atoms with Gasteiger partial charge in [0, 0.05) is 13.1 Å². The summed E-state index contributed by atoms with van der Waals surface area (Å²) in [6, 6.07) is 12.5. The minimum absolute atomic E-state index is 0.0997. The molecule has 0 saturated carbocycles. The van der Waals surface area contributed by atoms with Gasteiger partial charge in [-0.3, -0.25) is 8.61 Å². The Bertz CT molecular complexity index is 1110. The van der Waals surface area contributed by atoms with E-state index in [4.69, 9.17) is 0 Å². The molecule has 150 valence electrons. The maximum Gasteiger partial charge on any atom is 0.264 e. The summed E-state index contributed by atoms with van der Waals surface area (Å²) in [4.78, 5) is 0.169. The van der Waals surface area contributed by atoms with E-state index in [2.05, 4.69) is 0 Å².